The van der Waals surface area contributed by atoms with Crippen LogP contribution in [0.2, 0.25) is 0 Å². The number of hydrogen-bond donors (Lipinski definition) is 2. The molecule has 5 heteroatoms. The Morgan fingerprint density at radius 3 is 2.59 bits per heavy atom. The van der Waals surface area contributed by atoms with E-state index in [1.165, 1.54) is 62.2 Å². The second-order valence-corrected chi connectivity index (χ2v) is 8.93. The Kier molecular flexibility index (Phi) is 8.11. The zero-order valence-corrected chi connectivity index (χ0v) is 18.0. The molecule has 1 aliphatic heterocycles. The fraction of sp³-hybridized carbons (Fsp3) is 0.500. The number of nitrogens with one attached hydrogen (secondary N) is 2. The molecule has 0 unspecified atom stereocenters. The standard InChI is InChI=1S/C22H31N3S2/c1-19-10-4-5-12-21(19)23-22(26)25(18-20-11-8-17-27-20)16-9-15-24-13-6-2-3-7-14-24/h4-5,8,10-12,17H,2-3,6-7,9,13-16,18H2,1H3,(H,23,26)/p+1. The highest BCUT2D eigenvalue weighted by Gasteiger charge is 2.15. The van der Waals surface area contributed by atoms with Crippen molar-refractivity contribution in [1.29, 1.82) is 0 Å². The molecule has 0 bridgehead atoms. The van der Waals surface area contributed by atoms with Gasteiger partial charge in [-0.1, -0.05) is 24.3 Å². The van der Waals surface area contributed by atoms with Gasteiger partial charge in [-0.3, -0.25) is 0 Å². The predicted molar refractivity (Wildman–Crippen MR) is 121 cm³/mol. The van der Waals surface area contributed by atoms with Crippen LogP contribution in [0.25, 0.3) is 0 Å². The number of aryl methyl sites for hydroxylation is 1. The highest BCUT2D eigenvalue weighted by atomic mass is 32.1. The topological polar surface area (TPSA) is 19.7 Å². The average molecular weight is 403 g/mol. The van der Waals surface area contributed by atoms with Crippen molar-refractivity contribution in [2.45, 2.75) is 45.6 Å². The second kappa shape index (κ2) is 10.8. The van der Waals surface area contributed by atoms with Crippen LogP contribution in [-0.4, -0.2) is 36.2 Å². The van der Waals surface area contributed by atoms with E-state index in [2.05, 4.69) is 58.9 Å². The summed E-state index contributed by atoms with van der Waals surface area (Å²) in [6, 6.07) is 12.7. The molecule has 3 rings (SSSR count). The van der Waals surface area contributed by atoms with Crippen LogP contribution in [0.3, 0.4) is 0 Å². The third-order valence-corrected chi connectivity index (χ3v) is 6.59. The summed E-state index contributed by atoms with van der Waals surface area (Å²) in [5, 5.41) is 6.46. The van der Waals surface area contributed by atoms with Gasteiger partial charge in [0.2, 0.25) is 0 Å². The van der Waals surface area contributed by atoms with Crippen molar-refractivity contribution in [2.24, 2.45) is 0 Å². The van der Waals surface area contributed by atoms with Crippen LogP contribution in [-0.2, 0) is 6.54 Å². The minimum absolute atomic E-state index is 0.837. The minimum Gasteiger partial charge on any atom is -0.344 e. The van der Waals surface area contributed by atoms with E-state index in [1.807, 2.05) is 11.3 Å². The lowest BCUT2D eigenvalue weighted by Crippen LogP contribution is -3.11. The number of anilines is 1. The number of para-hydroxylation sites is 1. The molecular formula is C22H32N3S2+. The maximum Gasteiger partial charge on any atom is 0.173 e. The lowest BCUT2D eigenvalue weighted by molar-refractivity contribution is -0.899. The van der Waals surface area contributed by atoms with Gasteiger partial charge in [0.25, 0.3) is 0 Å². The summed E-state index contributed by atoms with van der Waals surface area (Å²) < 4.78 is 0. The van der Waals surface area contributed by atoms with Crippen molar-refractivity contribution in [3.8, 4) is 0 Å². The second-order valence-electron chi connectivity index (χ2n) is 7.51. The first-order valence-corrected chi connectivity index (χ1v) is 11.5. The van der Waals surface area contributed by atoms with Crippen molar-refractivity contribution in [2.75, 3.05) is 31.5 Å². The number of nitrogens with zero attached hydrogens (tertiary/aromatic N) is 1. The Morgan fingerprint density at radius 1 is 1.11 bits per heavy atom. The van der Waals surface area contributed by atoms with Crippen LogP contribution in [0, 0.1) is 6.92 Å². The number of thiophene rings is 1. The Hall–Kier alpha value is -1.43. The van der Waals surface area contributed by atoms with Crippen molar-refractivity contribution in [3.63, 3.8) is 0 Å². The molecule has 146 valence electrons. The Labute approximate surface area is 173 Å². The van der Waals surface area contributed by atoms with Gasteiger partial charge in [0, 0.05) is 23.5 Å². The Bertz CT molecular complexity index is 691. The lowest BCUT2D eigenvalue weighted by Gasteiger charge is -2.27. The minimum atomic E-state index is 0.837. The lowest BCUT2D eigenvalue weighted by atomic mass is 10.2. The van der Waals surface area contributed by atoms with Crippen LogP contribution in [0.15, 0.2) is 41.8 Å². The van der Waals surface area contributed by atoms with Gasteiger partial charge < -0.3 is 15.1 Å². The van der Waals surface area contributed by atoms with E-state index in [1.54, 1.807) is 4.90 Å². The molecule has 1 aromatic carbocycles. The molecule has 0 spiro atoms. The zero-order valence-electron chi connectivity index (χ0n) is 16.4. The number of likely N-dealkylation sites (tertiary alicyclic amines) is 1. The van der Waals surface area contributed by atoms with E-state index in [0.29, 0.717) is 0 Å². The molecule has 3 nitrogen and oxygen atoms in total. The zero-order chi connectivity index (χ0) is 18.9. The number of benzene rings is 1. The predicted octanol–water partition coefficient (Wildman–Crippen LogP) is 4.10. The molecule has 0 radical (unpaired) electrons. The summed E-state index contributed by atoms with van der Waals surface area (Å²) in [6.45, 7) is 7.97. The number of rotatable bonds is 7. The molecular weight excluding hydrogens is 370 g/mol. The molecule has 2 aromatic rings. The summed E-state index contributed by atoms with van der Waals surface area (Å²) in [5.41, 5.74) is 2.33. The third kappa shape index (κ3) is 6.59. The van der Waals surface area contributed by atoms with Gasteiger partial charge in [0.05, 0.1) is 26.2 Å². The van der Waals surface area contributed by atoms with Gasteiger partial charge in [0.1, 0.15) is 0 Å². The van der Waals surface area contributed by atoms with Gasteiger partial charge in [-0.2, -0.15) is 0 Å². The summed E-state index contributed by atoms with van der Waals surface area (Å²) in [5.74, 6) is 0. The van der Waals surface area contributed by atoms with Gasteiger partial charge in [-0.25, -0.2) is 0 Å². The fourth-order valence-electron chi connectivity index (χ4n) is 3.75. The fourth-order valence-corrected chi connectivity index (χ4v) is 4.73. The largest absolute Gasteiger partial charge is 0.344 e. The molecule has 27 heavy (non-hydrogen) atoms. The first-order valence-electron chi connectivity index (χ1n) is 10.2. The molecule has 0 saturated carbocycles. The highest BCUT2D eigenvalue weighted by Crippen LogP contribution is 2.17. The van der Waals surface area contributed by atoms with Crippen molar-refractivity contribution < 1.29 is 4.90 Å². The van der Waals surface area contributed by atoms with Crippen molar-refractivity contribution >= 4 is 34.4 Å². The first-order chi connectivity index (χ1) is 13.2. The number of thiocarbonyl (C=S) groups is 1. The molecule has 1 aliphatic rings. The normalized spacial score (nSPS) is 15.3. The molecule has 0 aliphatic carbocycles. The van der Waals surface area contributed by atoms with Crippen molar-refractivity contribution in [3.05, 3.63) is 52.2 Å². The van der Waals surface area contributed by atoms with Crippen LogP contribution < -0.4 is 10.2 Å². The third-order valence-electron chi connectivity index (χ3n) is 5.37. The van der Waals surface area contributed by atoms with E-state index >= 15 is 0 Å². The van der Waals surface area contributed by atoms with E-state index in [9.17, 15) is 0 Å². The van der Waals surface area contributed by atoms with Crippen molar-refractivity contribution in [1.82, 2.24) is 4.90 Å². The SMILES string of the molecule is Cc1ccccc1NC(=S)N(CCC[NH+]1CCCCCC1)Cc1cccs1. The van der Waals surface area contributed by atoms with E-state index in [4.69, 9.17) is 12.2 Å². The van der Waals surface area contributed by atoms with E-state index in [0.717, 1.165) is 23.9 Å². The molecule has 2 heterocycles. The van der Waals surface area contributed by atoms with Gasteiger partial charge >= 0.3 is 0 Å². The van der Waals surface area contributed by atoms with Gasteiger partial charge in [-0.15, -0.1) is 11.3 Å². The quantitative estimate of drug-likeness (QED) is 0.680. The molecule has 0 atom stereocenters. The summed E-state index contributed by atoms with van der Waals surface area (Å²) >= 11 is 7.60. The summed E-state index contributed by atoms with van der Waals surface area (Å²) in [4.78, 5) is 5.48. The Morgan fingerprint density at radius 2 is 1.89 bits per heavy atom. The summed E-state index contributed by atoms with van der Waals surface area (Å²) in [7, 11) is 0. The molecule has 1 aromatic heterocycles. The van der Waals surface area contributed by atoms with E-state index < -0.39 is 0 Å². The summed E-state index contributed by atoms with van der Waals surface area (Å²) in [6.07, 6.45) is 6.80. The monoisotopic (exact) mass is 402 g/mol. The van der Waals surface area contributed by atoms with Crippen LogP contribution in [0.5, 0.6) is 0 Å². The molecule has 0 amide bonds. The van der Waals surface area contributed by atoms with E-state index in [-0.39, 0.29) is 0 Å². The van der Waals surface area contributed by atoms with Crippen LogP contribution >= 0.6 is 23.6 Å². The van der Waals surface area contributed by atoms with Gasteiger partial charge in [-0.05, 0) is 67.9 Å². The smallest absolute Gasteiger partial charge is 0.173 e. The molecule has 1 fully saturated rings. The Balaban J connectivity index is 1.58. The maximum atomic E-state index is 5.79. The number of quaternary nitrogens is 1. The van der Waals surface area contributed by atoms with Gasteiger partial charge in [0.15, 0.2) is 5.11 Å². The molecule has 2 N–H and O–H groups in total. The maximum absolute atomic E-state index is 5.79. The average Bonchev–Trinajstić information content (AvgIpc) is 3.04. The first kappa shape index (κ1) is 20.3. The molecule has 1 saturated heterocycles. The van der Waals surface area contributed by atoms with Crippen LogP contribution in [0.4, 0.5) is 5.69 Å². The van der Waals surface area contributed by atoms with Crippen LogP contribution in [0.1, 0.15) is 42.5 Å². The number of hydrogen-bond acceptors (Lipinski definition) is 2. The highest BCUT2D eigenvalue weighted by molar-refractivity contribution is 7.80.